The summed E-state index contributed by atoms with van der Waals surface area (Å²) in [5, 5.41) is 9.26. The normalized spacial score (nSPS) is 11.4. The number of hydrogen-bond donors (Lipinski definition) is 1. The van der Waals surface area contributed by atoms with Crippen LogP contribution in [0.2, 0.25) is 0 Å². The molecule has 0 atom stereocenters. The third-order valence-corrected chi connectivity index (χ3v) is 2.75. The maximum Gasteiger partial charge on any atom is 0.178 e. The number of carbonyl (C=O) groups excluding carboxylic acids is 1. The first-order valence-corrected chi connectivity index (χ1v) is 5.63. The fourth-order valence-electron chi connectivity index (χ4n) is 0.991. The van der Waals surface area contributed by atoms with Gasteiger partial charge in [0.1, 0.15) is 5.75 Å². The van der Waals surface area contributed by atoms with Crippen molar-refractivity contribution in [2.24, 2.45) is 0 Å². The van der Waals surface area contributed by atoms with Crippen LogP contribution in [-0.2, 0) is 0 Å². The summed E-state index contributed by atoms with van der Waals surface area (Å²) in [6.07, 6.45) is 0. The van der Waals surface area contributed by atoms with E-state index in [4.69, 9.17) is 0 Å². The summed E-state index contributed by atoms with van der Waals surface area (Å²) >= 11 is 6.46. The maximum atomic E-state index is 11.8. The van der Waals surface area contributed by atoms with Gasteiger partial charge in [0.15, 0.2) is 5.78 Å². The highest BCUT2D eigenvalue weighted by molar-refractivity contribution is 9.10. The van der Waals surface area contributed by atoms with E-state index in [9.17, 15) is 9.90 Å². The van der Waals surface area contributed by atoms with Crippen LogP contribution in [0.4, 0.5) is 0 Å². The number of rotatable bonds is 2. The summed E-state index contributed by atoms with van der Waals surface area (Å²) in [5.74, 6) is 0.118. The van der Waals surface area contributed by atoms with Crippen LogP contribution < -0.4 is 0 Å². The van der Waals surface area contributed by atoms with Crippen molar-refractivity contribution >= 4 is 37.6 Å². The van der Waals surface area contributed by atoms with Crippen molar-refractivity contribution < 1.29 is 9.90 Å². The molecule has 76 valence electrons. The first-order chi connectivity index (χ1) is 6.32. The van der Waals surface area contributed by atoms with E-state index >= 15 is 0 Å². The number of carbonyl (C=O) groups is 1. The van der Waals surface area contributed by atoms with Gasteiger partial charge in [-0.25, -0.2) is 0 Å². The Labute approximate surface area is 99.6 Å². The highest BCUT2D eigenvalue weighted by Gasteiger charge is 2.25. The Balaban J connectivity index is 3.10. The average Bonchev–Trinajstić information content (AvgIpc) is 2.07. The number of phenolic OH excluding ortho intramolecular Hbond substituents is 1. The number of phenols is 1. The first-order valence-electron chi connectivity index (χ1n) is 4.04. The van der Waals surface area contributed by atoms with E-state index in [0.29, 0.717) is 10.0 Å². The van der Waals surface area contributed by atoms with Gasteiger partial charge in [-0.2, -0.15) is 0 Å². The molecule has 0 saturated heterocycles. The van der Waals surface area contributed by atoms with Gasteiger partial charge in [-0.05, 0) is 48.0 Å². The molecule has 0 heterocycles. The van der Waals surface area contributed by atoms with Crippen LogP contribution >= 0.6 is 31.9 Å². The molecule has 0 unspecified atom stereocenters. The van der Waals surface area contributed by atoms with Gasteiger partial charge in [0.2, 0.25) is 0 Å². The van der Waals surface area contributed by atoms with Gasteiger partial charge in [0.25, 0.3) is 0 Å². The topological polar surface area (TPSA) is 37.3 Å². The SMILES string of the molecule is CC(C)(Br)C(=O)c1ccc(O)c(Br)c1. The lowest BCUT2D eigenvalue weighted by atomic mass is 10.0. The van der Waals surface area contributed by atoms with Crippen LogP contribution in [0.1, 0.15) is 24.2 Å². The van der Waals surface area contributed by atoms with Crippen LogP contribution in [-0.4, -0.2) is 15.2 Å². The molecule has 1 aromatic rings. The maximum absolute atomic E-state index is 11.8. The summed E-state index contributed by atoms with van der Waals surface area (Å²) in [6, 6.07) is 4.71. The van der Waals surface area contributed by atoms with Crippen molar-refractivity contribution in [3.8, 4) is 5.75 Å². The van der Waals surface area contributed by atoms with E-state index in [0.717, 1.165) is 0 Å². The third-order valence-electron chi connectivity index (χ3n) is 1.75. The Bertz CT molecular complexity index is 367. The predicted molar refractivity (Wildman–Crippen MR) is 63.1 cm³/mol. The van der Waals surface area contributed by atoms with Crippen molar-refractivity contribution in [2.45, 2.75) is 18.2 Å². The van der Waals surface area contributed by atoms with E-state index in [-0.39, 0.29) is 11.5 Å². The molecule has 0 spiro atoms. The number of halogens is 2. The Kier molecular flexibility index (Phi) is 3.37. The van der Waals surface area contributed by atoms with E-state index < -0.39 is 4.32 Å². The molecule has 1 N–H and O–H groups in total. The number of aromatic hydroxyl groups is 1. The van der Waals surface area contributed by atoms with Gasteiger partial charge in [0.05, 0.1) is 8.80 Å². The monoisotopic (exact) mass is 320 g/mol. The van der Waals surface area contributed by atoms with Crippen molar-refractivity contribution in [2.75, 3.05) is 0 Å². The molecule has 1 rings (SSSR count). The van der Waals surface area contributed by atoms with Crippen LogP contribution in [0.25, 0.3) is 0 Å². The van der Waals surface area contributed by atoms with Gasteiger partial charge in [-0.3, -0.25) is 4.79 Å². The summed E-state index contributed by atoms with van der Waals surface area (Å²) in [6.45, 7) is 3.58. The van der Waals surface area contributed by atoms with Crippen LogP contribution in [0, 0.1) is 0 Å². The third kappa shape index (κ3) is 2.58. The molecule has 0 amide bonds. The number of alkyl halides is 1. The minimum atomic E-state index is -0.580. The summed E-state index contributed by atoms with van der Waals surface area (Å²) in [7, 11) is 0. The quantitative estimate of drug-likeness (QED) is 0.668. The van der Waals surface area contributed by atoms with Gasteiger partial charge in [-0.1, -0.05) is 15.9 Å². The second-order valence-corrected chi connectivity index (χ2v) is 6.30. The molecule has 0 radical (unpaired) electrons. The van der Waals surface area contributed by atoms with Crippen molar-refractivity contribution in [1.29, 1.82) is 0 Å². The predicted octanol–water partition coefficient (Wildman–Crippen LogP) is 3.51. The van der Waals surface area contributed by atoms with E-state index in [1.165, 1.54) is 6.07 Å². The Morgan fingerprint density at radius 1 is 1.43 bits per heavy atom. The Hall–Kier alpha value is -0.350. The first kappa shape index (κ1) is 11.7. The number of ketones is 1. The van der Waals surface area contributed by atoms with E-state index in [1.807, 2.05) is 0 Å². The second kappa shape index (κ2) is 4.03. The molecule has 14 heavy (non-hydrogen) atoms. The van der Waals surface area contributed by atoms with Gasteiger partial charge < -0.3 is 5.11 Å². The van der Waals surface area contributed by atoms with Gasteiger partial charge in [0, 0.05) is 5.56 Å². The molecule has 2 nitrogen and oxygen atoms in total. The molecular formula is C10H10Br2O2. The lowest BCUT2D eigenvalue weighted by Gasteiger charge is -2.14. The van der Waals surface area contributed by atoms with Crippen LogP contribution in [0.5, 0.6) is 5.75 Å². The zero-order valence-electron chi connectivity index (χ0n) is 7.84. The molecule has 0 bridgehead atoms. The largest absolute Gasteiger partial charge is 0.507 e. The zero-order chi connectivity index (χ0) is 10.9. The average molecular weight is 322 g/mol. The minimum absolute atomic E-state index is 0.0156. The molecule has 4 heteroatoms. The van der Waals surface area contributed by atoms with E-state index in [1.54, 1.807) is 26.0 Å². The molecule has 0 aliphatic rings. The molecule has 0 aromatic heterocycles. The van der Waals surface area contributed by atoms with E-state index in [2.05, 4.69) is 31.9 Å². The zero-order valence-corrected chi connectivity index (χ0v) is 11.0. The highest BCUT2D eigenvalue weighted by Crippen LogP contribution is 2.28. The Morgan fingerprint density at radius 2 is 2.00 bits per heavy atom. The Morgan fingerprint density at radius 3 is 2.43 bits per heavy atom. The van der Waals surface area contributed by atoms with Gasteiger partial charge >= 0.3 is 0 Å². The minimum Gasteiger partial charge on any atom is -0.507 e. The lowest BCUT2D eigenvalue weighted by Crippen LogP contribution is -2.23. The highest BCUT2D eigenvalue weighted by atomic mass is 79.9. The van der Waals surface area contributed by atoms with Crippen molar-refractivity contribution in [3.05, 3.63) is 28.2 Å². The summed E-state index contributed by atoms with van der Waals surface area (Å²) in [4.78, 5) is 11.8. The lowest BCUT2D eigenvalue weighted by molar-refractivity contribution is 0.0961. The van der Waals surface area contributed by atoms with Crippen molar-refractivity contribution in [1.82, 2.24) is 0 Å². The van der Waals surface area contributed by atoms with Crippen molar-refractivity contribution in [3.63, 3.8) is 0 Å². The number of Topliss-reactive ketones (excluding diaryl/α,β-unsaturated/α-hetero) is 1. The fraction of sp³-hybridized carbons (Fsp3) is 0.300. The molecule has 0 aliphatic carbocycles. The molecule has 0 saturated carbocycles. The molecule has 0 aliphatic heterocycles. The van der Waals surface area contributed by atoms with Crippen LogP contribution in [0.15, 0.2) is 22.7 Å². The summed E-state index contributed by atoms with van der Waals surface area (Å²) < 4.78 is -0.0521. The smallest absolute Gasteiger partial charge is 0.178 e. The molecular weight excluding hydrogens is 312 g/mol. The summed E-state index contributed by atoms with van der Waals surface area (Å²) in [5.41, 5.74) is 0.566. The van der Waals surface area contributed by atoms with Gasteiger partial charge in [-0.15, -0.1) is 0 Å². The molecule has 0 fully saturated rings. The fourth-order valence-corrected chi connectivity index (χ4v) is 1.60. The number of hydrogen-bond acceptors (Lipinski definition) is 2. The van der Waals surface area contributed by atoms with Crippen LogP contribution in [0.3, 0.4) is 0 Å². The second-order valence-electron chi connectivity index (χ2n) is 3.47. The molecule has 1 aromatic carbocycles. The number of benzene rings is 1. The standard InChI is InChI=1S/C10H10Br2O2/c1-10(2,12)9(14)6-3-4-8(13)7(11)5-6/h3-5,13H,1-2H3.